The van der Waals surface area contributed by atoms with Crippen LogP contribution in [0.1, 0.15) is 0 Å². The van der Waals surface area contributed by atoms with E-state index in [-0.39, 0.29) is 0 Å². The van der Waals surface area contributed by atoms with Crippen molar-refractivity contribution in [3.63, 3.8) is 0 Å². The number of hydrogen-bond donors (Lipinski definition) is 0. The van der Waals surface area contributed by atoms with E-state index in [0.717, 1.165) is 66.7 Å². The van der Waals surface area contributed by atoms with E-state index in [1.54, 1.807) is 0 Å². The Kier molecular flexibility index (Phi) is 7.68. The lowest BCUT2D eigenvalue weighted by atomic mass is 9.95. The number of rotatable bonds is 6. The normalized spacial score (nSPS) is 11.6. The molecule has 0 atom stereocenters. The average molecular weight is 733 g/mol. The summed E-state index contributed by atoms with van der Waals surface area (Å²) in [7, 11) is 0. The molecule has 0 saturated heterocycles. The molecular weight excluding hydrogens is 701 g/mol. The maximum Gasteiger partial charge on any atom is 0.160 e. The number of fused-ring (bicyclic) bond motifs is 6. The molecule has 0 fully saturated rings. The smallest absolute Gasteiger partial charge is 0.160 e. The van der Waals surface area contributed by atoms with Gasteiger partial charge < -0.3 is 4.42 Å². The molecule has 56 heavy (non-hydrogen) atoms. The predicted octanol–water partition coefficient (Wildman–Crippen LogP) is 14.7. The third-order valence-corrected chi connectivity index (χ3v) is 12.0. The molecule has 0 aliphatic carbocycles. The lowest BCUT2D eigenvalue weighted by molar-refractivity contribution is 0.670. The molecule has 0 spiro atoms. The molecule has 3 nitrogen and oxygen atoms in total. The first-order chi connectivity index (χ1) is 27.7. The van der Waals surface area contributed by atoms with Crippen LogP contribution in [-0.2, 0) is 0 Å². The Balaban J connectivity index is 1.06. The van der Waals surface area contributed by atoms with Gasteiger partial charge in [-0.2, -0.15) is 0 Å². The van der Waals surface area contributed by atoms with Crippen LogP contribution in [0, 0.1) is 0 Å². The van der Waals surface area contributed by atoms with Crippen molar-refractivity contribution in [1.29, 1.82) is 0 Å². The Morgan fingerprint density at radius 2 is 0.929 bits per heavy atom. The highest BCUT2D eigenvalue weighted by atomic mass is 32.1. The van der Waals surface area contributed by atoms with E-state index in [1.807, 2.05) is 29.5 Å². The summed E-state index contributed by atoms with van der Waals surface area (Å²) in [5.41, 5.74) is 13.3. The molecule has 3 aromatic heterocycles. The minimum Gasteiger partial charge on any atom is -0.455 e. The number of para-hydroxylation sites is 1. The summed E-state index contributed by atoms with van der Waals surface area (Å²) < 4.78 is 9.37. The molecule has 4 heteroatoms. The van der Waals surface area contributed by atoms with Crippen LogP contribution in [0.2, 0.25) is 0 Å². The standard InChI is InChI=1S/C52H32N2OS/c1-3-12-33(13-4-1)34-22-24-35(25-23-34)36-26-28-38(29-27-36)52-53-45(37-14-5-2-6-15-37)32-46(54-52)43-31-30-40(49-44-17-7-9-20-47(44)55-50(43)49)42-19-11-18-41-39-16-8-10-21-48(39)56-51(41)42/h1-32H. The van der Waals surface area contributed by atoms with Gasteiger partial charge in [-0.15, -0.1) is 11.3 Å². The van der Waals surface area contributed by atoms with Gasteiger partial charge in [0.2, 0.25) is 0 Å². The molecule has 8 aromatic carbocycles. The molecule has 0 unspecified atom stereocenters. The van der Waals surface area contributed by atoms with Gasteiger partial charge in [0, 0.05) is 53.2 Å². The molecule has 262 valence electrons. The Morgan fingerprint density at radius 3 is 1.66 bits per heavy atom. The van der Waals surface area contributed by atoms with Gasteiger partial charge >= 0.3 is 0 Å². The number of benzene rings is 8. The highest BCUT2D eigenvalue weighted by molar-refractivity contribution is 7.26. The number of nitrogens with zero attached hydrogens (tertiary/aromatic N) is 2. The first kappa shape index (κ1) is 32.3. The molecular formula is C52H32N2OS. The summed E-state index contributed by atoms with van der Waals surface area (Å²) in [6.45, 7) is 0. The van der Waals surface area contributed by atoms with Crippen LogP contribution in [0.25, 0.3) is 109 Å². The zero-order chi connectivity index (χ0) is 37.0. The summed E-state index contributed by atoms with van der Waals surface area (Å²) in [5.74, 6) is 0.663. The highest BCUT2D eigenvalue weighted by Crippen LogP contribution is 2.46. The van der Waals surface area contributed by atoms with Crippen molar-refractivity contribution in [3.05, 3.63) is 194 Å². The van der Waals surface area contributed by atoms with Crippen LogP contribution in [0.15, 0.2) is 199 Å². The first-order valence-corrected chi connectivity index (χ1v) is 19.6. The van der Waals surface area contributed by atoms with Crippen molar-refractivity contribution < 1.29 is 4.42 Å². The maximum atomic E-state index is 6.81. The van der Waals surface area contributed by atoms with Crippen LogP contribution in [0.5, 0.6) is 0 Å². The van der Waals surface area contributed by atoms with E-state index >= 15 is 0 Å². The van der Waals surface area contributed by atoms with Gasteiger partial charge in [-0.25, -0.2) is 9.97 Å². The summed E-state index contributed by atoms with van der Waals surface area (Å²) >= 11 is 1.85. The molecule has 11 aromatic rings. The highest BCUT2D eigenvalue weighted by Gasteiger charge is 2.21. The third kappa shape index (κ3) is 5.50. The molecule has 3 heterocycles. The summed E-state index contributed by atoms with van der Waals surface area (Å²) in [4.78, 5) is 10.4. The monoisotopic (exact) mass is 732 g/mol. The van der Waals surface area contributed by atoms with Crippen molar-refractivity contribution in [2.75, 3.05) is 0 Å². The quantitative estimate of drug-likeness (QED) is 0.171. The van der Waals surface area contributed by atoms with Gasteiger partial charge in [0.15, 0.2) is 5.82 Å². The molecule has 0 radical (unpaired) electrons. The van der Waals surface area contributed by atoms with Crippen LogP contribution in [0.4, 0.5) is 0 Å². The van der Waals surface area contributed by atoms with Crippen LogP contribution < -0.4 is 0 Å². The minimum atomic E-state index is 0.663. The van der Waals surface area contributed by atoms with Gasteiger partial charge in [-0.1, -0.05) is 170 Å². The number of aromatic nitrogens is 2. The van der Waals surface area contributed by atoms with Gasteiger partial charge in [-0.3, -0.25) is 0 Å². The zero-order valence-electron chi connectivity index (χ0n) is 30.2. The van der Waals surface area contributed by atoms with E-state index in [1.165, 1.54) is 36.9 Å². The fourth-order valence-corrected chi connectivity index (χ4v) is 9.21. The maximum absolute atomic E-state index is 6.81. The second kappa shape index (κ2) is 13.3. The van der Waals surface area contributed by atoms with Crippen molar-refractivity contribution in [2.45, 2.75) is 0 Å². The molecule has 0 amide bonds. The topological polar surface area (TPSA) is 38.9 Å². The van der Waals surface area contributed by atoms with E-state index in [9.17, 15) is 0 Å². The van der Waals surface area contributed by atoms with E-state index < -0.39 is 0 Å². The average Bonchev–Trinajstić information content (AvgIpc) is 3.86. The van der Waals surface area contributed by atoms with Gasteiger partial charge in [-0.05, 0) is 52.1 Å². The molecule has 11 rings (SSSR count). The van der Waals surface area contributed by atoms with E-state index in [4.69, 9.17) is 14.4 Å². The Morgan fingerprint density at radius 1 is 0.375 bits per heavy atom. The van der Waals surface area contributed by atoms with Gasteiger partial charge in [0.05, 0.1) is 11.4 Å². The fourth-order valence-electron chi connectivity index (χ4n) is 7.98. The van der Waals surface area contributed by atoms with Gasteiger partial charge in [0.1, 0.15) is 11.2 Å². The van der Waals surface area contributed by atoms with E-state index in [2.05, 4.69) is 176 Å². The van der Waals surface area contributed by atoms with Crippen molar-refractivity contribution in [2.24, 2.45) is 0 Å². The lowest BCUT2D eigenvalue weighted by Crippen LogP contribution is -1.96. The molecule has 0 aliphatic rings. The second-order valence-electron chi connectivity index (χ2n) is 14.1. The molecule has 0 N–H and O–H groups in total. The summed E-state index contributed by atoms with van der Waals surface area (Å²) in [5, 5.41) is 4.74. The second-order valence-corrected chi connectivity index (χ2v) is 15.1. The van der Waals surface area contributed by atoms with Crippen LogP contribution in [0.3, 0.4) is 0 Å². The fraction of sp³-hybridized carbons (Fsp3) is 0. The largest absolute Gasteiger partial charge is 0.455 e. The van der Waals surface area contributed by atoms with Crippen molar-refractivity contribution >= 4 is 53.4 Å². The lowest BCUT2D eigenvalue weighted by Gasteiger charge is -2.12. The SMILES string of the molecule is c1ccc(-c2ccc(-c3ccc(-c4nc(-c5ccccc5)cc(-c5ccc(-c6cccc7c6sc6ccccc67)c6c5oc5ccccc56)n4)cc3)cc2)cc1. The Hall–Kier alpha value is -7.14. The van der Waals surface area contributed by atoms with E-state index in [0.29, 0.717) is 5.82 Å². The minimum absolute atomic E-state index is 0.663. The molecule has 0 saturated carbocycles. The van der Waals surface area contributed by atoms with Crippen molar-refractivity contribution in [1.82, 2.24) is 9.97 Å². The predicted molar refractivity (Wildman–Crippen MR) is 235 cm³/mol. The summed E-state index contributed by atoms with van der Waals surface area (Å²) in [6.07, 6.45) is 0. The zero-order valence-corrected chi connectivity index (χ0v) is 31.0. The Labute approximate surface area is 327 Å². The van der Waals surface area contributed by atoms with Crippen molar-refractivity contribution in [3.8, 4) is 67.3 Å². The number of hydrogen-bond acceptors (Lipinski definition) is 4. The van der Waals surface area contributed by atoms with Crippen LogP contribution >= 0.6 is 11.3 Å². The molecule has 0 aliphatic heterocycles. The Bertz CT molecular complexity index is 3220. The van der Waals surface area contributed by atoms with Gasteiger partial charge in [0.25, 0.3) is 0 Å². The van der Waals surface area contributed by atoms with Crippen LogP contribution in [-0.4, -0.2) is 9.97 Å². The third-order valence-electron chi connectivity index (χ3n) is 10.8. The molecule has 0 bridgehead atoms. The summed E-state index contributed by atoms with van der Waals surface area (Å²) in [6, 6.07) is 68.3. The first-order valence-electron chi connectivity index (χ1n) is 18.8. The number of furan rings is 1. The number of thiophene rings is 1.